The number of halogens is 2. The van der Waals surface area contributed by atoms with Crippen LogP contribution in [0.3, 0.4) is 0 Å². The summed E-state index contributed by atoms with van der Waals surface area (Å²) in [5, 5.41) is 10.9. The standard InChI is InChI=1S/C33H31FN2O5S.C31H27FN2O5S.Li.H2O/c1-4-40-33(37)31-28-21-27(23-11-7-5-8-12-23)29(22-30(28)41-32(31)24-15-17-25(34)18-16-24)36(42(3,38)39)20-19-35(2)26-13-9-6-10-14-26;1-33(24-11-7-4-8-12-24)17-18-34(40(2,37)38)27-20-28-26(19-25(27)21-9-5-3-6-10-21)29(31(35)36)30(39-28)22-13-15-23(32)16-14-22;;/h5-18,21-22H,4,19-20H2,1-3H3;3-16,19-20H,17-18H2,1-2H3,(H,35,36);;1H2/q;;+1;/p-1. The van der Waals surface area contributed by atoms with Crippen molar-refractivity contribution in [2.45, 2.75) is 6.92 Å². The minimum Gasteiger partial charge on any atom is -0.870 e. The summed E-state index contributed by atoms with van der Waals surface area (Å²) in [7, 11) is -3.72. The maximum Gasteiger partial charge on any atom is 1.00 e. The number of aromatic carboxylic acids is 1. The number of rotatable bonds is 19. The fourth-order valence-electron chi connectivity index (χ4n) is 9.64. The zero-order valence-electron chi connectivity index (χ0n) is 46.9. The third-order valence-corrected chi connectivity index (χ3v) is 16.1. The molecule has 0 radical (unpaired) electrons. The van der Waals surface area contributed by atoms with E-state index in [-0.39, 0.29) is 72.3 Å². The molecular weight excluding hydrogens is 1110 g/mol. The maximum absolute atomic E-state index is 13.7. The van der Waals surface area contributed by atoms with Crippen LogP contribution in [0.25, 0.3) is 66.8 Å². The predicted octanol–water partition coefficient (Wildman–Crippen LogP) is 10.3. The molecule has 0 saturated heterocycles. The Hall–Kier alpha value is -8.70. The molecule has 428 valence electrons. The van der Waals surface area contributed by atoms with E-state index >= 15 is 0 Å². The van der Waals surface area contributed by atoms with Gasteiger partial charge in [-0.1, -0.05) is 97.1 Å². The number of carbonyl (C=O) groups is 2. The molecule has 0 aliphatic heterocycles. The Morgan fingerprint density at radius 2 is 0.845 bits per heavy atom. The van der Waals surface area contributed by atoms with Crippen LogP contribution in [-0.2, 0) is 24.8 Å². The van der Waals surface area contributed by atoms with Crippen LogP contribution in [0.1, 0.15) is 27.6 Å². The van der Waals surface area contributed by atoms with Gasteiger partial charge in [0.15, 0.2) is 0 Å². The molecule has 0 saturated carbocycles. The van der Waals surface area contributed by atoms with Gasteiger partial charge >= 0.3 is 30.8 Å². The SMILES string of the molecule is CCOC(=O)c1c(-c2ccc(F)cc2)oc2cc(N(CCN(C)c3ccccc3)S(C)(=O)=O)c(-c3ccccc3)cc12.CN(CCN(c1cc2oc(-c3ccc(F)cc3)c(C(=O)O)c2cc1-c1ccccc1)S(C)(=O)=O)c1ccccc1.[Li+].[OH-]. The van der Waals surface area contributed by atoms with Crippen LogP contribution in [0.4, 0.5) is 31.5 Å². The number of para-hydroxylation sites is 2. The first-order valence-electron chi connectivity index (χ1n) is 26.0. The Labute approximate surface area is 498 Å². The van der Waals surface area contributed by atoms with E-state index in [1.807, 2.05) is 145 Å². The summed E-state index contributed by atoms with van der Waals surface area (Å²) in [5.41, 5.74) is 6.78. The van der Waals surface area contributed by atoms with Gasteiger partial charge < -0.3 is 34.0 Å². The number of fused-ring (bicyclic) bond motifs is 2. The second-order valence-corrected chi connectivity index (χ2v) is 23.1. The zero-order chi connectivity index (χ0) is 58.3. The monoisotopic (exact) mass is 1170 g/mol. The van der Waals surface area contributed by atoms with Crippen molar-refractivity contribution in [1.29, 1.82) is 0 Å². The summed E-state index contributed by atoms with van der Waals surface area (Å²) in [5.74, 6) is -2.41. The molecule has 0 aliphatic carbocycles. The molecule has 2 aromatic heterocycles. The largest absolute Gasteiger partial charge is 1.00 e. The van der Waals surface area contributed by atoms with Gasteiger partial charge in [0.2, 0.25) is 20.0 Å². The molecule has 20 heteroatoms. The molecule has 8 aromatic carbocycles. The zero-order valence-corrected chi connectivity index (χ0v) is 48.6. The summed E-state index contributed by atoms with van der Waals surface area (Å²) < 4.78 is 101. The minimum absolute atomic E-state index is 0. The van der Waals surface area contributed by atoms with E-state index in [2.05, 4.69) is 0 Å². The van der Waals surface area contributed by atoms with Gasteiger partial charge in [0.25, 0.3) is 0 Å². The van der Waals surface area contributed by atoms with Crippen LogP contribution in [0.2, 0.25) is 0 Å². The first kappa shape index (κ1) is 62.9. The summed E-state index contributed by atoms with van der Waals surface area (Å²) in [6.07, 6.45) is 2.31. The average Bonchev–Trinajstić information content (AvgIpc) is 2.59. The van der Waals surface area contributed by atoms with Crippen LogP contribution in [0.5, 0.6) is 0 Å². The third-order valence-electron chi connectivity index (χ3n) is 13.7. The summed E-state index contributed by atoms with van der Waals surface area (Å²) in [4.78, 5) is 29.6. The number of carbonyl (C=O) groups excluding carboxylic acids is 1. The number of benzene rings is 8. The quantitative estimate of drug-likeness (QED) is 0.0593. The number of likely N-dealkylation sites (N-methyl/N-ethyl adjacent to an activating group) is 2. The molecule has 0 aliphatic rings. The smallest absolute Gasteiger partial charge is 0.870 e. The van der Waals surface area contributed by atoms with E-state index in [1.165, 1.54) is 63.4 Å². The van der Waals surface area contributed by atoms with Crippen molar-refractivity contribution in [2.24, 2.45) is 0 Å². The average molecular weight is 1170 g/mol. The van der Waals surface area contributed by atoms with E-state index < -0.39 is 43.6 Å². The van der Waals surface area contributed by atoms with Gasteiger partial charge in [-0.2, -0.15) is 0 Å². The molecule has 2 N–H and O–H groups in total. The molecule has 0 amide bonds. The Kier molecular flexibility index (Phi) is 20.3. The van der Waals surface area contributed by atoms with Crippen molar-refractivity contribution < 1.29 is 78.2 Å². The van der Waals surface area contributed by atoms with Gasteiger partial charge in [0.1, 0.15) is 45.4 Å². The molecule has 10 rings (SSSR count). The van der Waals surface area contributed by atoms with E-state index in [9.17, 15) is 40.3 Å². The second kappa shape index (κ2) is 27.1. The van der Waals surface area contributed by atoms with Crippen molar-refractivity contribution in [1.82, 2.24) is 0 Å². The number of furan rings is 2. The molecule has 15 nitrogen and oxygen atoms in total. The number of anilines is 4. The predicted molar refractivity (Wildman–Crippen MR) is 323 cm³/mol. The molecular formula is C64H59F2LiN4O11S2. The van der Waals surface area contributed by atoms with E-state index in [0.717, 1.165) is 23.2 Å². The maximum atomic E-state index is 13.7. The van der Waals surface area contributed by atoms with Gasteiger partial charge in [0.05, 0.1) is 43.6 Å². The summed E-state index contributed by atoms with van der Waals surface area (Å²) in [6.45, 7) is 2.95. The number of sulfonamides is 2. The van der Waals surface area contributed by atoms with Crippen molar-refractivity contribution in [3.8, 4) is 44.9 Å². The van der Waals surface area contributed by atoms with Gasteiger partial charge in [-0.3, -0.25) is 8.61 Å². The molecule has 0 fully saturated rings. The number of hydrogen-bond donors (Lipinski definition) is 1. The second-order valence-electron chi connectivity index (χ2n) is 19.3. The first-order valence-corrected chi connectivity index (χ1v) is 29.7. The number of esters is 1. The molecule has 0 bridgehead atoms. The van der Waals surface area contributed by atoms with Crippen molar-refractivity contribution >= 4 is 76.7 Å². The van der Waals surface area contributed by atoms with Gasteiger partial charge in [0, 0.05) is 83.7 Å². The fraction of sp³-hybridized carbons (Fsp3) is 0.156. The van der Waals surface area contributed by atoms with Crippen molar-refractivity contribution in [2.75, 3.05) is 77.8 Å². The Morgan fingerprint density at radius 3 is 1.19 bits per heavy atom. The van der Waals surface area contributed by atoms with Gasteiger partial charge in [-0.05, 0) is 103 Å². The van der Waals surface area contributed by atoms with Crippen LogP contribution < -0.4 is 37.3 Å². The van der Waals surface area contributed by atoms with Crippen molar-refractivity contribution in [3.63, 3.8) is 0 Å². The Morgan fingerprint density at radius 1 is 0.500 bits per heavy atom. The molecule has 2 heterocycles. The minimum atomic E-state index is -3.76. The van der Waals surface area contributed by atoms with Crippen LogP contribution >= 0.6 is 0 Å². The van der Waals surface area contributed by atoms with Gasteiger partial charge in [-0.15, -0.1) is 0 Å². The number of ether oxygens (including phenoxy) is 1. The van der Waals surface area contributed by atoms with Crippen LogP contribution in [-0.4, -0.2) is 98.7 Å². The first-order chi connectivity index (χ1) is 39.3. The number of hydrogen-bond acceptors (Lipinski definition) is 12. The molecule has 0 atom stereocenters. The fourth-order valence-corrected chi connectivity index (χ4v) is 11.5. The Balaban J connectivity index is 0.000000236. The molecule has 84 heavy (non-hydrogen) atoms. The van der Waals surface area contributed by atoms with Crippen LogP contribution in [0, 0.1) is 11.6 Å². The number of nitrogens with zero attached hydrogens (tertiary/aromatic N) is 4. The topological polar surface area (TPSA) is 201 Å². The van der Waals surface area contributed by atoms with E-state index in [0.29, 0.717) is 68.6 Å². The molecule has 0 unspecified atom stereocenters. The number of carboxylic acid groups (broad SMARTS) is 1. The molecule has 0 spiro atoms. The van der Waals surface area contributed by atoms with Gasteiger partial charge in [-0.25, -0.2) is 35.2 Å². The normalized spacial score (nSPS) is 11.2. The van der Waals surface area contributed by atoms with Crippen LogP contribution in [0.15, 0.2) is 203 Å². The summed E-state index contributed by atoms with van der Waals surface area (Å²) >= 11 is 0. The number of carboxylic acids is 1. The Bertz CT molecular complexity index is 4120. The van der Waals surface area contributed by atoms with E-state index in [1.54, 1.807) is 31.2 Å². The van der Waals surface area contributed by atoms with E-state index in [4.69, 9.17) is 13.6 Å². The third kappa shape index (κ3) is 14.2. The van der Waals surface area contributed by atoms with Crippen molar-refractivity contribution in [3.05, 3.63) is 217 Å². The molecule has 10 aromatic rings. The summed E-state index contributed by atoms with van der Waals surface area (Å²) in [6, 6.07) is 55.5.